The first-order valence-electron chi connectivity index (χ1n) is 8.66. The number of ether oxygens (including phenoxy) is 1. The lowest BCUT2D eigenvalue weighted by molar-refractivity contribution is -0.115. The first-order valence-corrected chi connectivity index (χ1v) is 9.54. The van der Waals surface area contributed by atoms with Crippen LogP contribution in [-0.2, 0) is 4.79 Å². The van der Waals surface area contributed by atoms with Crippen LogP contribution in [0.1, 0.15) is 6.92 Å². The van der Waals surface area contributed by atoms with Crippen molar-refractivity contribution in [1.29, 1.82) is 0 Å². The average Bonchev–Trinajstić information content (AvgIpc) is 3.35. The number of para-hydroxylation sites is 3. The van der Waals surface area contributed by atoms with Crippen LogP contribution in [0.3, 0.4) is 0 Å². The number of benzene rings is 2. The molecule has 1 amide bonds. The number of amides is 1. The van der Waals surface area contributed by atoms with E-state index in [2.05, 4.69) is 20.5 Å². The molecular weight excluding hydrogens is 376 g/mol. The fourth-order valence-corrected chi connectivity index (χ4v) is 3.49. The van der Waals surface area contributed by atoms with Gasteiger partial charge in [0.1, 0.15) is 5.75 Å². The minimum atomic E-state index is -0.429. The number of aromatic nitrogens is 3. The number of H-pyrrole nitrogens is 1. The van der Waals surface area contributed by atoms with E-state index in [1.165, 1.54) is 11.8 Å². The topological polar surface area (TPSA) is 93.0 Å². The highest BCUT2D eigenvalue weighted by atomic mass is 32.2. The number of rotatable bonds is 6. The van der Waals surface area contributed by atoms with Crippen LogP contribution in [0.25, 0.3) is 22.4 Å². The minimum Gasteiger partial charge on any atom is -0.495 e. The van der Waals surface area contributed by atoms with Gasteiger partial charge in [0.05, 0.1) is 23.6 Å². The van der Waals surface area contributed by atoms with Gasteiger partial charge in [0.2, 0.25) is 5.91 Å². The van der Waals surface area contributed by atoms with Crippen LogP contribution >= 0.6 is 11.8 Å². The van der Waals surface area contributed by atoms with Gasteiger partial charge in [-0.2, -0.15) is 0 Å². The summed E-state index contributed by atoms with van der Waals surface area (Å²) in [5, 5.41) is 12.0. The Bertz CT molecular complexity index is 1120. The zero-order valence-corrected chi connectivity index (χ0v) is 16.1. The highest BCUT2D eigenvalue weighted by Gasteiger charge is 2.20. The number of aromatic amines is 1. The quantitative estimate of drug-likeness (QED) is 0.473. The van der Waals surface area contributed by atoms with E-state index in [0.29, 0.717) is 22.6 Å². The van der Waals surface area contributed by atoms with E-state index in [9.17, 15) is 4.79 Å². The second kappa shape index (κ2) is 7.77. The first kappa shape index (κ1) is 18.1. The maximum atomic E-state index is 12.5. The van der Waals surface area contributed by atoms with Crippen molar-refractivity contribution in [2.45, 2.75) is 17.4 Å². The van der Waals surface area contributed by atoms with Crippen LogP contribution in [0.4, 0.5) is 5.69 Å². The molecule has 2 heterocycles. The van der Waals surface area contributed by atoms with Gasteiger partial charge in [-0.05, 0) is 25.1 Å². The van der Waals surface area contributed by atoms with Gasteiger partial charge in [0.25, 0.3) is 11.1 Å². The summed E-state index contributed by atoms with van der Waals surface area (Å²) in [5.74, 6) is 0.839. The fourth-order valence-electron chi connectivity index (χ4n) is 2.80. The van der Waals surface area contributed by atoms with Gasteiger partial charge < -0.3 is 19.5 Å². The Hall–Kier alpha value is -3.26. The third-order valence-electron chi connectivity index (χ3n) is 4.24. The van der Waals surface area contributed by atoms with E-state index in [4.69, 9.17) is 9.15 Å². The number of thioether (sulfide) groups is 1. The predicted octanol–water partition coefficient (Wildman–Crippen LogP) is 4.35. The van der Waals surface area contributed by atoms with Crippen molar-refractivity contribution in [1.82, 2.24) is 15.2 Å². The number of carbonyl (C=O) groups excluding carboxylic acids is 1. The van der Waals surface area contributed by atoms with Crippen molar-refractivity contribution in [3.63, 3.8) is 0 Å². The normalized spacial score (nSPS) is 12.1. The zero-order valence-electron chi connectivity index (χ0n) is 15.3. The molecular formula is C20H18N4O3S. The Morgan fingerprint density at radius 1 is 1.18 bits per heavy atom. The lowest BCUT2D eigenvalue weighted by Gasteiger charge is -2.12. The molecule has 28 heavy (non-hydrogen) atoms. The molecule has 0 aliphatic heterocycles. The number of hydrogen-bond donors (Lipinski definition) is 2. The minimum absolute atomic E-state index is 0.179. The van der Waals surface area contributed by atoms with E-state index >= 15 is 0 Å². The molecule has 0 saturated carbocycles. The molecule has 142 valence electrons. The molecule has 0 aliphatic rings. The molecule has 4 aromatic rings. The number of hydrogen-bond acceptors (Lipinski definition) is 6. The zero-order chi connectivity index (χ0) is 19.5. The van der Waals surface area contributed by atoms with Crippen LogP contribution in [0, 0.1) is 0 Å². The summed E-state index contributed by atoms with van der Waals surface area (Å²) in [6.07, 6.45) is 1.84. The van der Waals surface area contributed by atoms with E-state index in [1.807, 2.05) is 42.6 Å². The molecule has 0 saturated heterocycles. The van der Waals surface area contributed by atoms with E-state index in [1.54, 1.807) is 26.2 Å². The van der Waals surface area contributed by atoms with Crippen LogP contribution in [0.2, 0.25) is 0 Å². The molecule has 4 rings (SSSR count). The average molecular weight is 394 g/mol. The van der Waals surface area contributed by atoms with E-state index in [-0.39, 0.29) is 5.91 Å². The summed E-state index contributed by atoms with van der Waals surface area (Å²) in [7, 11) is 1.56. The maximum Gasteiger partial charge on any atom is 0.277 e. The third-order valence-corrected chi connectivity index (χ3v) is 5.17. The molecule has 1 unspecified atom stereocenters. The van der Waals surface area contributed by atoms with Crippen molar-refractivity contribution in [2.75, 3.05) is 12.4 Å². The summed E-state index contributed by atoms with van der Waals surface area (Å²) < 4.78 is 11.0. The first-order chi connectivity index (χ1) is 13.7. The second-order valence-corrected chi connectivity index (χ2v) is 7.36. The summed E-state index contributed by atoms with van der Waals surface area (Å²) >= 11 is 1.20. The Kier molecular flexibility index (Phi) is 5.03. The third kappa shape index (κ3) is 3.59. The molecule has 0 spiro atoms. The standard InChI is InChI=1S/C20H18N4O3S/c1-12(18(25)22-16-9-5-6-10-17(16)26-2)28-20-24-23-19(27-20)14-11-21-15-8-4-3-7-13(14)15/h3-12,21H,1-2H3,(H,22,25). The second-order valence-electron chi connectivity index (χ2n) is 6.07. The maximum absolute atomic E-state index is 12.5. The van der Waals surface area contributed by atoms with Gasteiger partial charge in [-0.3, -0.25) is 4.79 Å². The number of fused-ring (bicyclic) bond motifs is 1. The largest absolute Gasteiger partial charge is 0.495 e. The van der Waals surface area contributed by atoms with Crippen LogP contribution in [-0.4, -0.2) is 33.4 Å². The SMILES string of the molecule is COc1ccccc1NC(=O)C(C)Sc1nnc(-c2c[nH]c3ccccc23)o1. The molecule has 0 fully saturated rings. The van der Waals surface area contributed by atoms with Crippen LogP contribution in [0.15, 0.2) is 64.4 Å². The van der Waals surface area contributed by atoms with Gasteiger partial charge in [0, 0.05) is 17.1 Å². The monoisotopic (exact) mass is 394 g/mol. The van der Waals surface area contributed by atoms with E-state index < -0.39 is 5.25 Å². The lowest BCUT2D eigenvalue weighted by atomic mass is 10.2. The molecule has 8 heteroatoms. The fraction of sp³-hybridized carbons (Fsp3) is 0.150. The van der Waals surface area contributed by atoms with Crippen molar-refractivity contribution >= 4 is 34.3 Å². The molecule has 2 aromatic carbocycles. The van der Waals surface area contributed by atoms with Crippen molar-refractivity contribution < 1.29 is 13.9 Å². The molecule has 7 nitrogen and oxygen atoms in total. The molecule has 0 aliphatic carbocycles. The van der Waals surface area contributed by atoms with Gasteiger partial charge in [-0.1, -0.05) is 42.1 Å². The predicted molar refractivity (Wildman–Crippen MR) is 109 cm³/mol. The summed E-state index contributed by atoms with van der Waals surface area (Å²) in [5.41, 5.74) is 2.45. The highest BCUT2D eigenvalue weighted by molar-refractivity contribution is 8.00. The van der Waals surface area contributed by atoms with Crippen LogP contribution < -0.4 is 10.1 Å². The molecule has 2 aromatic heterocycles. The highest BCUT2D eigenvalue weighted by Crippen LogP contribution is 2.31. The number of nitrogens with zero attached hydrogens (tertiary/aromatic N) is 2. The molecule has 0 bridgehead atoms. The number of carbonyl (C=O) groups is 1. The Balaban J connectivity index is 1.47. The van der Waals surface area contributed by atoms with Crippen LogP contribution in [0.5, 0.6) is 5.75 Å². The molecule has 1 atom stereocenters. The van der Waals surface area contributed by atoms with Gasteiger partial charge in [-0.25, -0.2) is 0 Å². The van der Waals surface area contributed by atoms with Gasteiger partial charge in [0.15, 0.2) is 0 Å². The van der Waals surface area contributed by atoms with Gasteiger partial charge in [-0.15, -0.1) is 10.2 Å². The molecule has 2 N–H and O–H groups in total. The lowest BCUT2D eigenvalue weighted by Crippen LogP contribution is -2.22. The number of nitrogens with one attached hydrogen (secondary N) is 2. The summed E-state index contributed by atoms with van der Waals surface area (Å²) in [4.78, 5) is 15.7. The molecule has 0 radical (unpaired) electrons. The van der Waals surface area contributed by atoms with Crippen molar-refractivity contribution in [3.8, 4) is 17.2 Å². The Morgan fingerprint density at radius 2 is 1.96 bits per heavy atom. The van der Waals surface area contributed by atoms with Crippen molar-refractivity contribution in [3.05, 3.63) is 54.7 Å². The Morgan fingerprint density at radius 3 is 2.82 bits per heavy atom. The summed E-state index contributed by atoms with van der Waals surface area (Å²) in [6.45, 7) is 1.78. The number of methoxy groups -OCH3 is 1. The smallest absolute Gasteiger partial charge is 0.277 e. The van der Waals surface area contributed by atoms with E-state index in [0.717, 1.165) is 16.5 Å². The summed E-state index contributed by atoms with van der Waals surface area (Å²) in [6, 6.07) is 15.1. The van der Waals surface area contributed by atoms with Gasteiger partial charge >= 0.3 is 0 Å². The number of anilines is 1. The Labute approximate surface area is 165 Å². The van der Waals surface area contributed by atoms with Crippen molar-refractivity contribution in [2.24, 2.45) is 0 Å².